The molecule has 1 fully saturated rings. The summed E-state index contributed by atoms with van der Waals surface area (Å²) in [5, 5.41) is 11.7. The summed E-state index contributed by atoms with van der Waals surface area (Å²) >= 11 is 0. The molecule has 1 aromatic carbocycles. The number of aliphatic carboxylic acids is 1. The molecule has 118 valence electrons. The van der Waals surface area contributed by atoms with E-state index in [9.17, 15) is 14.4 Å². The van der Waals surface area contributed by atoms with Crippen LogP contribution in [-0.2, 0) is 9.59 Å². The highest BCUT2D eigenvalue weighted by Gasteiger charge is 2.28. The van der Waals surface area contributed by atoms with Gasteiger partial charge >= 0.3 is 12.0 Å². The molecule has 1 heterocycles. The smallest absolute Gasteiger partial charge is 0.320 e. The van der Waals surface area contributed by atoms with Crippen molar-refractivity contribution in [2.75, 3.05) is 26.7 Å². The van der Waals surface area contributed by atoms with Crippen molar-refractivity contribution in [1.29, 1.82) is 0 Å². The van der Waals surface area contributed by atoms with Gasteiger partial charge in [0.15, 0.2) is 0 Å². The van der Waals surface area contributed by atoms with Crippen LogP contribution in [0.4, 0.5) is 4.79 Å². The number of nitrogens with zero attached hydrogens (tertiary/aromatic N) is 2. The van der Waals surface area contributed by atoms with Crippen molar-refractivity contribution in [3.8, 4) is 0 Å². The van der Waals surface area contributed by atoms with Crippen LogP contribution in [0.3, 0.4) is 0 Å². The molecule has 0 bridgehead atoms. The minimum atomic E-state index is -0.994. The molecule has 0 unspecified atom stereocenters. The molecule has 7 heteroatoms. The molecular formula is C15H19N3O4. The molecule has 1 atom stereocenters. The Hall–Kier alpha value is -2.57. The third kappa shape index (κ3) is 3.97. The zero-order valence-electron chi connectivity index (χ0n) is 12.4. The Morgan fingerprint density at radius 3 is 2.50 bits per heavy atom. The summed E-state index contributed by atoms with van der Waals surface area (Å²) in [6.45, 7) is 1.02. The molecule has 0 radical (unpaired) electrons. The molecular weight excluding hydrogens is 286 g/mol. The minimum absolute atomic E-state index is 0.0634. The summed E-state index contributed by atoms with van der Waals surface area (Å²) in [5.74, 6) is -1.36. The molecule has 2 rings (SSSR count). The van der Waals surface area contributed by atoms with Gasteiger partial charge in [-0.3, -0.25) is 9.59 Å². The molecule has 22 heavy (non-hydrogen) atoms. The highest BCUT2D eigenvalue weighted by Crippen LogP contribution is 2.16. The average Bonchev–Trinajstić information content (AvgIpc) is 2.79. The van der Waals surface area contributed by atoms with Crippen LogP contribution in [0.15, 0.2) is 30.3 Å². The fraction of sp³-hybridized carbons (Fsp3) is 0.400. The van der Waals surface area contributed by atoms with Crippen LogP contribution in [0.1, 0.15) is 18.0 Å². The van der Waals surface area contributed by atoms with Crippen LogP contribution >= 0.6 is 0 Å². The fourth-order valence-electron chi connectivity index (χ4n) is 2.38. The first kappa shape index (κ1) is 15.8. The highest BCUT2D eigenvalue weighted by atomic mass is 16.4. The second-order valence-corrected chi connectivity index (χ2v) is 5.25. The summed E-state index contributed by atoms with van der Waals surface area (Å²) in [4.78, 5) is 37.8. The number of carboxylic acid groups (broad SMARTS) is 1. The topological polar surface area (TPSA) is 89.9 Å². The highest BCUT2D eigenvalue weighted by molar-refractivity contribution is 5.85. The monoisotopic (exact) mass is 305 g/mol. The predicted octanol–water partition coefficient (Wildman–Crippen LogP) is 0.686. The van der Waals surface area contributed by atoms with Gasteiger partial charge in [0.2, 0.25) is 5.91 Å². The molecule has 1 saturated heterocycles. The molecule has 0 saturated carbocycles. The Morgan fingerprint density at radius 2 is 1.95 bits per heavy atom. The number of amides is 3. The number of hydrogen-bond donors (Lipinski definition) is 2. The first-order valence-corrected chi connectivity index (χ1v) is 7.03. The van der Waals surface area contributed by atoms with E-state index in [0.29, 0.717) is 13.1 Å². The van der Waals surface area contributed by atoms with Gasteiger partial charge < -0.3 is 20.2 Å². The van der Waals surface area contributed by atoms with E-state index in [0.717, 1.165) is 5.56 Å². The zero-order chi connectivity index (χ0) is 16.1. The van der Waals surface area contributed by atoms with E-state index in [4.69, 9.17) is 5.11 Å². The van der Waals surface area contributed by atoms with Crippen LogP contribution in [0.2, 0.25) is 0 Å². The first-order chi connectivity index (χ1) is 10.5. The minimum Gasteiger partial charge on any atom is -0.481 e. The molecule has 0 aromatic heterocycles. The Morgan fingerprint density at radius 1 is 1.27 bits per heavy atom. The van der Waals surface area contributed by atoms with Crippen molar-refractivity contribution in [3.63, 3.8) is 0 Å². The van der Waals surface area contributed by atoms with Crippen LogP contribution in [-0.4, -0.2) is 59.5 Å². The lowest BCUT2D eigenvalue weighted by Gasteiger charge is -2.20. The third-order valence-corrected chi connectivity index (χ3v) is 3.55. The van der Waals surface area contributed by atoms with Crippen molar-refractivity contribution in [1.82, 2.24) is 15.1 Å². The summed E-state index contributed by atoms with van der Waals surface area (Å²) in [6, 6.07) is 8.13. The van der Waals surface area contributed by atoms with Gasteiger partial charge in [0.05, 0.1) is 12.5 Å². The summed E-state index contributed by atoms with van der Waals surface area (Å²) in [5.41, 5.74) is 0.725. The van der Waals surface area contributed by atoms with Gasteiger partial charge in [-0.25, -0.2) is 4.79 Å². The van der Waals surface area contributed by atoms with E-state index < -0.39 is 12.0 Å². The molecule has 0 aliphatic carbocycles. The van der Waals surface area contributed by atoms with Crippen LogP contribution < -0.4 is 5.32 Å². The van der Waals surface area contributed by atoms with Crippen molar-refractivity contribution in [3.05, 3.63) is 35.9 Å². The second-order valence-electron chi connectivity index (χ2n) is 5.25. The van der Waals surface area contributed by atoms with Gasteiger partial charge in [0.25, 0.3) is 0 Å². The lowest BCUT2D eigenvalue weighted by atomic mass is 10.0. The maximum absolute atomic E-state index is 12.1. The van der Waals surface area contributed by atoms with Gasteiger partial charge in [-0.15, -0.1) is 0 Å². The largest absolute Gasteiger partial charge is 0.481 e. The van der Waals surface area contributed by atoms with Crippen LogP contribution in [0.25, 0.3) is 0 Å². The lowest BCUT2D eigenvalue weighted by molar-refractivity contribution is -0.137. The van der Waals surface area contributed by atoms with Gasteiger partial charge in [-0.1, -0.05) is 30.3 Å². The van der Waals surface area contributed by atoms with Crippen molar-refractivity contribution >= 4 is 17.9 Å². The molecule has 0 spiro atoms. The number of rotatable bonds is 6. The normalized spacial score (nSPS) is 15.8. The Labute approximate surface area is 128 Å². The van der Waals surface area contributed by atoms with Crippen LogP contribution in [0.5, 0.6) is 0 Å². The molecule has 7 nitrogen and oxygen atoms in total. The summed E-state index contributed by atoms with van der Waals surface area (Å²) in [7, 11) is 1.68. The predicted molar refractivity (Wildman–Crippen MR) is 79.2 cm³/mol. The van der Waals surface area contributed by atoms with E-state index in [1.165, 1.54) is 4.90 Å². The number of likely N-dealkylation sites (N-methyl/N-ethyl adjacent to an activating group) is 1. The maximum atomic E-state index is 12.1. The number of carbonyl (C=O) groups is 3. The Kier molecular flexibility index (Phi) is 4.98. The fourth-order valence-corrected chi connectivity index (χ4v) is 2.38. The maximum Gasteiger partial charge on any atom is 0.320 e. The number of urea groups is 1. The van der Waals surface area contributed by atoms with E-state index >= 15 is 0 Å². The van der Waals surface area contributed by atoms with Crippen molar-refractivity contribution in [2.24, 2.45) is 0 Å². The van der Waals surface area contributed by atoms with Crippen molar-refractivity contribution in [2.45, 2.75) is 12.5 Å². The van der Waals surface area contributed by atoms with Gasteiger partial charge in [0.1, 0.15) is 6.54 Å². The van der Waals surface area contributed by atoms with Gasteiger partial charge in [0, 0.05) is 20.1 Å². The molecule has 3 amide bonds. The van der Waals surface area contributed by atoms with E-state index in [1.807, 2.05) is 6.07 Å². The standard InChI is InChI=1S/C15H19N3O4/c1-17-7-8-18(15(17)22)10-13(19)16-12(9-14(20)21)11-5-3-2-4-6-11/h2-6,12H,7-10H2,1H3,(H,16,19)(H,20,21)/t12-/m0/s1. The first-order valence-electron chi connectivity index (χ1n) is 7.03. The second kappa shape index (κ2) is 6.93. The number of carboxylic acids is 1. The average molecular weight is 305 g/mol. The molecule has 2 N–H and O–H groups in total. The number of carbonyl (C=O) groups excluding carboxylic acids is 2. The quantitative estimate of drug-likeness (QED) is 0.809. The Balaban J connectivity index is 1.99. The van der Waals surface area contributed by atoms with E-state index in [2.05, 4.69) is 5.32 Å². The molecule has 1 aromatic rings. The van der Waals surface area contributed by atoms with Gasteiger partial charge in [-0.05, 0) is 5.56 Å². The third-order valence-electron chi connectivity index (χ3n) is 3.55. The van der Waals surface area contributed by atoms with Gasteiger partial charge in [-0.2, -0.15) is 0 Å². The molecule has 1 aliphatic heterocycles. The van der Waals surface area contributed by atoms with E-state index in [1.54, 1.807) is 36.2 Å². The lowest BCUT2D eigenvalue weighted by Crippen LogP contribution is -2.41. The zero-order valence-corrected chi connectivity index (χ0v) is 12.4. The summed E-state index contributed by atoms with van der Waals surface area (Å²) in [6.07, 6.45) is -0.205. The number of benzene rings is 1. The van der Waals surface area contributed by atoms with Crippen LogP contribution in [0, 0.1) is 0 Å². The van der Waals surface area contributed by atoms with E-state index in [-0.39, 0.29) is 24.9 Å². The van der Waals surface area contributed by atoms with Crippen molar-refractivity contribution < 1.29 is 19.5 Å². The Bertz CT molecular complexity index is 561. The summed E-state index contributed by atoms with van der Waals surface area (Å²) < 4.78 is 0. The number of hydrogen-bond acceptors (Lipinski definition) is 3. The molecule has 1 aliphatic rings. The number of nitrogens with one attached hydrogen (secondary N) is 1. The SMILES string of the molecule is CN1CCN(CC(=O)N[C@@H](CC(=O)O)c2ccccc2)C1=O.